The van der Waals surface area contributed by atoms with E-state index in [1.807, 2.05) is 0 Å². The van der Waals surface area contributed by atoms with Crippen LogP contribution in [0.3, 0.4) is 0 Å². The molecule has 0 amide bonds. The molecule has 0 aliphatic carbocycles. The Bertz CT molecular complexity index is 391. The van der Waals surface area contributed by atoms with Crippen LogP contribution in [-0.2, 0) is 24.4 Å². The van der Waals surface area contributed by atoms with Crippen LogP contribution in [0.4, 0.5) is 0 Å². The zero-order valence-corrected chi connectivity index (χ0v) is 7.67. The summed E-state index contributed by atoms with van der Waals surface area (Å²) in [6, 6.07) is 0. The second-order valence-corrected chi connectivity index (χ2v) is 3.40. The van der Waals surface area contributed by atoms with Crippen molar-refractivity contribution >= 4 is 22.1 Å². The molecule has 0 unspecified atom stereocenters. The molecule has 0 aromatic heterocycles. The monoisotopic (exact) mass is 198 g/mol. The van der Waals surface area contributed by atoms with E-state index in [0.29, 0.717) is 0 Å². The van der Waals surface area contributed by atoms with Gasteiger partial charge in [0.25, 0.3) is 0 Å². The maximum absolute atomic E-state index is 10.6. The SMILES string of the molecule is CC1=C(S(=O)(=O)[O-])C(=O)OC1=O.[Li+]. The zero-order valence-electron chi connectivity index (χ0n) is 6.86. The molecule has 0 N–H and O–H groups in total. The van der Waals surface area contributed by atoms with E-state index in [9.17, 15) is 22.6 Å². The van der Waals surface area contributed by atoms with Gasteiger partial charge in [-0.2, -0.15) is 0 Å². The van der Waals surface area contributed by atoms with Crippen LogP contribution in [0.25, 0.3) is 0 Å². The van der Waals surface area contributed by atoms with Gasteiger partial charge in [-0.3, -0.25) is 0 Å². The summed E-state index contributed by atoms with van der Waals surface area (Å²) < 4.78 is 34.9. The summed E-state index contributed by atoms with van der Waals surface area (Å²) in [5.41, 5.74) is -0.463. The van der Waals surface area contributed by atoms with Gasteiger partial charge in [-0.05, 0) is 6.92 Å². The summed E-state index contributed by atoms with van der Waals surface area (Å²) >= 11 is 0. The van der Waals surface area contributed by atoms with E-state index in [1.54, 1.807) is 0 Å². The largest absolute Gasteiger partial charge is 1.00 e. The third-order valence-corrected chi connectivity index (χ3v) is 2.24. The molecule has 1 rings (SSSR count). The van der Waals surface area contributed by atoms with Crippen molar-refractivity contribution in [2.75, 3.05) is 0 Å². The van der Waals surface area contributed by atoms with Crippen LogP contribution in [-0.4, -0.2) is 24.9 Å². The molecule has 1 aliphatic rings. The van der Waals surface area contributed by atoms with Crippen molar-refractivity contribution in [1.82, 2.24) is 0 Å². The number of ether oxygens (including phenoxy) is 1. The van der Waals surface area contributed by atoms with Gasteiger partial charge in [0.1, 0.15) is 15.0 Å². The summed E-state index contributed by atoms with van der Waals surface area (Å²) in [5.74, 6) is -2.48. The topological polar surface area (TPSA) is 101 Å². The van der Waals surface area contributed by atoms with Gasteiger partial charge >= 0.3 is 30.8 Å². The van der Waals surface area contributed by atoms with Gasteiger partial charge in [0.05, 0.1) is 5.57 Å². The fourth-order valence-corrected chi connectivity index (χ4v) is 1.45. The Morgan fingerprint density at radius 2 is 1.69 bits per heavy atom. The van der Waals surface area contributed by atoms with Gasteiger partial charge in [-0.15, -0.1) is 0 Å². The molecule has 0 spiro atoms. The number of esters is 2. The first-order valence-corrected chi connectivity index (χ1v) is 4.18. The molecule has 0 bridgehead atoms. The van der Waals surface area contributed by atoms with E-state index in [-0.39, 0.29) is 18.9 Å². The minimum atomic E-state index is -4.90. The molecule has 0 atom stereocenters. The van der Waals surface area contributed by atoms with Gasteiger partial charge in [-0.1, -0.05) is 0 Å². The predicted molar refractivity (Wildman–Crippen MR) is 33.5 cm³/mol. The predicted octanol–water partition coefficient (Wildman–Crippen LogP) is -4.11. The van der Waals surface area contributed by atoms with Crippen molar-refractivity contribution in [1.29, 1.82) is 0 Å². The van der Waals surface area contributed by atoms with Gasteiger partial charge in [0, 0.05) is 0 Å². The molecule has 1 aliphatic heterocycles. The maximum atomic E-state index is 10.6. The molecule has 0 saturated carbocycles. The molecule has 0 fully saturated rings. The molecule has 0 radical (unpaired) electrons. The summed E-state index contributed by atoms with van der Waals surface area (Å²) in [5, 5.41) is 0. The normalized spacial score (nSPS) is 17.1. The fourth-order valence-electron chi connectivity index (χ4n) is 0.742. The van der Waals surface area contributed by atoms with Crippen molar-refractivity contribution in [2.45, 2.75) is 6.92 Å². The summed E-state index contributed by atoms with van der Waals surface area (Å²) in [6.45, 7) is 1.04. The fraction of sp³-hybridized carbons (Fsp3) is 0.200. The Balaban J connectivity index is 0.00000144. The van der Waals surface area contributed by atoms with Gasteiger partial charge in [0.2, 0.25) is 0 Å². The van der Waals surface area contributed by atoms with Crippen LogP contribution in [0.1, 0.15) is 6.92 Å². The second kappa shape index (κ2) is 3.63. The molecule has 6 nitrogen and oxygen atoms in total. The van der Waals surface area contributed by atoms with Crippen molar-refractivity contribution in [3.8, 4) is 0 Å². The number of cyclic esters (lactones) is 2. The van der Waals surface area contributed by atoms with Gasteiger partial charge in [0.15, 0.2) is 0 Å². The number of carbonyl (C=O) groups is 2. The first-order chi connectivity index (χ1) is 5.34. The van der Waals surface area contributed by atoms with Crippen molar-refractivity contribution in [3.05, 3.63) is 10.5 Å². The number of hydrogen-bond donors (Lipinski definition) is 0. The van der Waals surface area contributed by atoms with E-state index < -0.39 is 32.5 Å². The Kier molecular flexibility index (Phi) is 3.46. The van der Waals surface area contributed by atoms with Crippen LogP contribution >= 0.6 is 0 Å². The third kappa shape index (κ3) is 2.19. The number of carbonyl (C=O) groups excluding carboxylic acids is 2. The molecule has 0 aromatic carbocycles. The molecule has 0 saturated heterocycles. The van der Waals surface area contributed by atoms with E-state index in [2.05, 4.69) is 4.74 Å². The smallest absolute Gasteiger partial charge is 0.744 e. The summed E-state index contributed by atoms with van der Waals surface area (Å²) in [6.07, 6.45) is 0. The second-order valence-electron chi connectivity index (χ2n) is 2.09. The minimum Gasteiger partial charge on any atom is -0.744 e. The average Bonchev–Trinajstić information content (AvgIpc) is 2.05. The number of rotatable bonds is 1. The van der Waals surface area contributed by atoms with Crippen LogP contribution in [0.2, 0.25) is 0 Å². The Morgan fingerprint density at radius 3 is 1.85 bits per heavy atom. The molecule has 13 heavy (non-hydrogen) atoms. The average molecular weight is 198 g/mol. The van der Waals surface area contributed by atoms with Crippen LogP contribution in [0, 0.1) is 0 Å². The van der Waals surface area contributed by atoms with Crippen LogP contribution in [0.5, 0.6) is 0 Å². The van der Waals surface area contributed by atoms with Gasteiger partial charge < -0.3 is 9.29 Å². The van der Waals surface area contributed by atoms with E-state index in [4.69, 9.17) is 0 Å². The molecule has 1 heterocycles. The molecule has 8 heteroatoms. The van der Waals surface area contributed by atoms with Gasteiger partial charge in [-0.25, -0.2) is 18.0 Å². The Morgan fingerprint density at radius 1 is 1.23 bits per heavy atom. The van der Waals surface area contributed by atoms with Crippen molar-refractivity contribution < 1.29 is 46.2 Å². The third-order valence-electron chi connectivity index (χ3n) is 1.27. The van der Waals surface area contributed by atoms with Crippen molar-refractivity contribution in [3.63, 3.8) is 0 Å². The maximum Gasteiger partial charge on any atom is 1.00 e. The first-order valence-electron chi connectivity index (χ1n) is 2.77. The van der Waals surface area contributed by atoms with Crippen LogP contribution in [0.15, 0.2) is 10.5 Å². The summed E-state index contributed by atoms with van der Waals surface area (Å²) in [4.78, 5) is 20.0. The quantitative estimate of drug-likeness (QED) is 0.184. The van der Waals surface area contributed by atoms with Crippen LogP contribution < -0.4 is 18.9 Å². The van der Waals surface area contributed by atoms with E-state index >= 15 is 0 Å². The molecular formula is C5H3LiO6S. The molecule has 66 valence electrons. The zero-order chi connectivity index (χ0) is 9.52. The molecular weight excluding hydrogens is 195 g/mol. The number of hydrogen-bond acceptors (Lipinski definition) is 6. The van der Waals surface area contributed by atoms with Crippen molar-refractivity contribution in [2.24, 2.45) is 0 Å². The standard InChI is InChI=1S/C5H4O6S.Li/c1-2-3(12(8,9)10)5(7)11-4(2)6;/h1H3,(H,8,9,10);/q;+1/p-1. The molecule has 0 aromatic rings. The van der Waals surface area contributed by atoms with E-state index in [1.165, 1.54) is 0 Å². The minimum absolute atomic E-state index is 0. The summed E-state index contributed by atoms with van der Waals surface area (Å²) in [7, 11) is -4.90. The Hall–Kier alpha value is -0.613. The first kappa shape index (κ1) is 12.4. The van der Waals surface area contributed by atoms with E-state index in [0.717, 1.165) is 6.92 Å². The Labute approximate surface area is 85.9 Å².